The van der Waals surface area contributed by atoms with Crippen molar-refractivity contribution in [1.82, 2.24) is 10.3 Å². The van der Waals surface area contributed by atoms with Gasteiger partial charge in [0.15, 0.2) is 0 Å². The maximum Gasteiger partial charge on any atom is 0.234 e. The van der Waals surface area contributed by atoms with Crippen LogP contribution in [0.3, 0.4) is 0 Å². The van der Waals surface area contributed by atoms with Crippen molar-refractivity contribution in [3.8, 4) is 11.3 Å². The summed E-state index contributed by atoms with van der Waals surface area (Å²) in [5.41, 5.74) is 5.09. The molecule has 118 valence electrons. The third kappa shape index (κ3) is 2.56. The van der Waals surface area contributed by atoms with Gasteiger partial charge in [0.1, 0.15) is 0 Å². The summed E-state index contributed by atoms with van der Waals surface area (Å²) in [7, 11) is 0. The molecule has 0 saturated carbocycles. The molecule has 2 aliphatic rings. The monoisotopic (exact) mass is 315 g/mol. The molecule has 1 N–H and O–H groups in total. The number of hydrogen-bond donors (Lipinski definition) is 1. The zero-order chi connectivity index (χ0) is 16.5. The number of carbonyl (C=O) groups is 1. The first-order valence-electron chi connectivity index (χ1n) is 7.98. The summed E-state index contributed by atoms with van der Waals surface area (Å²) in [6.45, 7) is 1.99. The van der Waals surface area contributed by atoms with Crippen molar-refractivity contribution in [1.29, 1.82) is 0 Å². The highest BCUT2D eigenvalue weighted by Gasteiger charge is 2.29. The number of allylic oxidation sites excluding steroid dienone is 2. The third-order valence-electron chi connectivity index (χ3n) is 4.36. The fraction of sp³-hybridized carbons (Fsp3) is 0.150. The molecular formula is C20H17N3O. The molecule has 1 amide bonds. The lowest BCUT2D eigenvalue weighted by Gasteiger charge is -2.25. The van der Waals surface area contributed by atoms with Gasteiger partial charge in [0.25, 0.3) is 0 Å². The second kappa shape index (κ2) is 5.89. The molecule has 2 aromatic rings. The van der Waals surface area contributed by atoms with Crippen LogP contribution >= 0.6 is 0 Å². The summed E-state index contributed by atoms with van der Waals surface area (Å²) in [5, 5.41) is 2.69. The van der Waals surface area contributed by atoms with Crippen molar-refractivity contribution >= 4 is 17.8 Å². The van der Waals surface area contributed by atoms with Crippen molar-refractivity contribution < 1.29 is 4.79 Å². The Morgan fingerprint density at radius 1 is 1.04 bits per heavy atom. The van der Waals surface area contributed by atoms with E-state index in [2.05, 4.69) is 27.4 Å². The van der Waals surface area contributed by atoms with Gasteiger partial charge in [-0.2, -0.15) is 0 Å². The lowest BCUT2D eigenvalue weighted by atomic mass is 9.86. The molecule has 4 heteroatoms. The van der Waals surface area contributed by atoms with E-state index >= 15 is 0 Å². The van der Waals surface area contributed by atoms with Gasteiger partial charge in [0.05, 0.1) is 24.0 Å². The van der Waals surface area contributed by atoms with E-state index in [0.717, 1.165) is 28.1 Å². The molecule has 1 aromatic heterocycles. The van der Waals surface area contributed by atoms with E-state index in [-0.39, 0.29) is 17.9 Å². The van der Waals surface area contributed by atoms with Gasteiger partial charge in [-0.05, 0) is 30.2 Å². The van der Waals surface area contributed by atoms with Crippen molar-refractivity contribution in [3.05, 3.63) is 72.0 Å². The van der Waals surface area contributed by atoms with Crippen LogP contribution in [-0.2, 0) is 4.79 Å². The largest absolute Gasteiger partial charge is 0.317 e. The number of nitrogens with zero attached hydrogens (tertiary/aromatic N) is 2. The van der Waals surface area contributed by atoms with Crippen LogP contribution in [-0.4, -0.2) is 23.3 Å². The number of amides is 1. The smallest absolute Gasteiger partial charge is 0.234 e. The minimum absolute atomic E-state index is 0.0111. The molecule has 0 spiro atoms. The Balaban J connectivity index is 1.80. The highest BCUT2D eigenvalue weighted by atomic mass is 16.2. The molecule has 2 heterocycles. The van der Waals surface area contributed by atoms with Crippen molar-refractivity contribution in [2.24, 2.45) is 10.9 Å². The van der Waals surface area contributed by atoms with Gasteiger partial charge in [-0.25, -0.2) is 0 Å². The Hall–Kier alpha value is -3.01. The van der Waals surface area contributed by atoms with Gasteiger partial charge in [0.2, 0.25) is 5.91 Å². The van der Waals surface area contributed by atoms with Crippen LogP contribution in [0, 0.1) is 12.8 Å². The van der Waals surface area contributed by atoms with Crippen LogP contribution < -0.4 is 5.32 Å². The predicted octanol–water partition coefficient (Wildman–Crippen LogP) is 3.15. The highest BCUT2D eigenvalue weighted by molar-refractivity contribution is 5.96. The molecule has 0 radical (unpaired) electrons. The number of aromatic nitrogens is 1. The molecule has 0 saturated heterocycles. The summed E-state index contributed by atoms with van der Waals surface area (Å²) in [6.07, 6.45) is 7.53. The van der Waals surface area contributed by atoms with Crippen LogP contribution in [0.15, 0.2) is 65.7 Å². The van der Waals surface area contributed by atoms with E-state index < -0.39 is 0 Å². The predicted molar refractivity (Wildman–Crippen MR) is 95.4 cm³/mol. The van der Waals surface area contributed by atoms with Crippen LogP contribution in [0.5, 0.6) is 0 Å². The Morgan fingerprint density at radius 2 is 1.88 bits per heavy atom. The second-order valence-corrected chi connectivity index (χ2v) is 5.99. The fourth-order valence-corrected chi connectivity index (χ4v) is 3.16. The number of aryl methyl sites for hydroxylation is 1. The third-order valence-corrected chi connectivity index (χ3v) is 4.36. The first-order valence-corrected chi connectivity index (χ1v) is 7.98. The SMILES string of the molecule is Cc1cccc(-c2ccccc2C2=CC3C(=O)NC=NC3C=C2)n1. The molecule has 24 heavy (non-hydrogen) atoms. The van der Waals surface area contributed by atoms with Gasteiger partial charge in [-0.3, -0.25) is 14.8 Å². The number of benzene rings is 1. The van der Waals surface area contributed by atoms with E-state index in [1.807, 2.05) is 55.5 Å². The first-order chi connectivity index (χ1) is 11.7. The number of aliphatic imine (C=N–C) groups is 1. The molecular weight excluding hydrogens is 298 g/mol. The van der Waals surface area contributed by atoms with E-state index in [1.165, 1.54) is 6.34 Å². The van der Waals surface area contributed by atoms with E-state index in [4.69, 9.17) is 0 Å². The Morgan fingerprint density at radius 3 is 2.71 bits per heavy atom. The number of rotatable bonds is 2. The van der Waals surface area contributed by atoms with E-state index in [9.17, 15) is 4.79 Å². The zero-order valence-corrected chi connectivity index (χ0v) is 13.3. The van der Waals surface area contributed by atoms with Crippen LogP contribution in [0.4, 0.5) is 0 Å². The number of fused-ring (bicyclic) bond motifs is 1. The maximum atomic E-state index is 12.1. The average molecular weight is 315 g/mol. The maximum absolute atomic E-state index is 12.1. The lowest BCUT2D eigenvalue weighted by molar-refractivity contribution is -0.122. The summed E-state index contributed by atoms with van der Waals surface area (Å²) in [4.78, 5) is 21.1. The van der Waals surface area contributed by atoms with Crippen LogP contribution in [0.1, 0.15) is 11.3 Å². The van der Waals surface area contributed by atoms with Gasteiger partial charge in [-0.15, -0.1) is 0 Å². The quantitative estimate of drug-likeness (QED) is 0.925. The van der Waals surface area contributed by atoms with Crippen molar-refractivity contribution in [2.75, 3.05) is 0 Å². The average Bonchev–Trinajstić information content (AvgIpc) is 2.62. The highest BCUT2D eigenvalue weighted by Crippen LogP contribution is 2.33. The van der Waals surface area contributed by atoms with Crippen LogP contribution in [0.25, 0.3) is 16.8 Å². The fourth-order valence-electron chi connectivity index (χ4n) is 3.16. The summed E-state index contributed by atoms with van der Waals surface area (Å²) >= 11 is 0. The van der Waals surface area contributed by atoms with Gasteiger partial charge >= 0.3 is 0 Å². The zero-order valence-electron chi connectivity index (χ0n) is 13.3. The van der Waals surface area contributed by atoms with Crippen molar-refractivity contribution in [2.45, 2.75) is 13.0 Å². The van der Waals surface area contributed by atoms with Gasteiger partial charge in [0, 0.05) is 11.3 Å². The van der Waals surface area contributed by atoms with Crippen LogP contribution in [0.2, 0.25) is 0 Å². The number of pyridine rings is 1. The Labute approximate surface area is 140 Å². The lowest BCUT2D eigenvalue weighted by Crippen LogP contribution is -2.40. The Bertz CT molecular complexity index is 895. The molecule has 1 aliphatic heterocycles. The normalized spacial score (nSPS) is 21.9. The molecule has 4 nitrogen and oxygen atoms in total. The number of carbonyl (C=O) groups excluding carboxylic acids is 1. The minimum atomic E-state index is -0.256. The van der Waals surface area contributed by atoms with E-state index in [1.54, 1.807) is 0 Å². The van der Waals surface area contributed by atoms with Gasteiger partial charge in [-0.1, -0.05) is 48.6 Å². The minimum Gasteiger partial charge on any atom is -0.317 e. The summed E-state index contributed by atoms with van der Waals surface area (Å²) in [5.74, 6) is -0.267. The summed E-state index contributed by atoms with van der Waals surface area (Å²) < 4.78 is 0. The molecule has 4 rings (SSSR count). The van der Waals surface area contributed by atoms with Crippen molar-refractivity contribution in [3.63, 3.8) is 0 Å². The van der Waals surface area contributed by atoms with E-state index in [0.29, 0.717) is 0 Å². The number of hydrogen-bond acceptors (Lipinski definition) is 3. The Kier molecular flexibility index (Phi) is 3.58. The standard InChI is InChI=1S/C20H17N3O/c1-13-5-4-8-19(23-13)16-7-3-2-6-15(16)14-9-10-18-17(11-14)20(24)22-12-21-18/h2-12,17-18H,1H3,(H,21,22,24). The molecule has 2 unspecified atom stereocenters. The summed E-state index contributed by atoms with van der Waals surface area (Å²) in [6, 6.07) is 14.1. The first kappa shape index (κ1) is 14.6. The molecule has 0 fully saturated rings. The number of nitrogens with one attached hydrogen (secondary N) is 1. The molecule has 0 bridgehead atoms. The second-order valence-electron chi connectivity index (χ2n) is 5.99. The topological polar surface area (TPSA) is 54.4 Å². The molecule has 1 aromatic carbocycles. The van der Waals surface area contributed by atoms with Gasteiger partial charge < -0.3 is 5.32 Å². The molecule has 1 aliphatic carbocycles. The molecule has 2 atom stereocenters.